The van der Waals surface area contributed by atoms with Crippen molar-refractivity contribution in [3.8, 4) is 23.3 Å². The van der Waals surface area contributed by atoms with E-state index in [0.29, 0.717) is 23.7 Å². The molecule has 0 aliphatic heterocycles. The first kappa shape index (κ1) is 24.2. The van der Waals surface area contributed by atoms with Gasteiger partial charge in [0.15, 0.2) is 17.6 Å². The van der Waals surface area contributed by atoms with Crippen LogP contribution < -0.4 is 14.8 Å². The minimum atomic E-state index is -1.19. The van der Waals surface area contributed by atoms with Crippen LogP contribution in [0.2, 0.25) is 0 Å². The molecule has 0 bridgehead atoms. The predicted octanol–water partition coefficient (Wildman–Crippen LogP) is 5.13. The highest BCUT2D eigenvalue weighted by molar-refractivity contribution is 9.10. The van der Waals surface area contributed by atoms with E-state index in [-0.39, 0.29) is 17.9 Å². The molecule has 0 saturated heterocycles. The lowest BCUT2D eigenvalue weighted by atomic mass is 9.79. The Morgan fingerprint density at radius 3 is 2.62 bits per heavy atom. The predicted molar refractivity (Wildman–Crippen MR) is 129 cm³/mol. The van der Waals surface area contributed by atoms with Gasteiger partial charge in [0.2, 0.25) is 0 Å². The lowest BCUT2D eigenvalue weighted by molar-refractivity contribution is -0.130. The molecule has 1 aliphatic rings. The zero-order chi connectivity index (χ0) is 22.9. The molecule has 2 aromatic rings. The molecule has 3 atom stereocenters. The maximum Gasteiger partial charge on any atom is 0.253 e. The summed E-state index contributed by atoms with van der Waals surface area (Å²) in [5.41, 5.74) is 1.67. The highest BCUT2D eigenvalue weighted by atomic mass is 79.9. The second-order valence-electron chi connectivity index (χ2n) is 7.87. The standard InChI is InChI=1S/C26H30BrNO4/c1-3-4-7-16-32-23-15-12-19(17-24(23)31-2)21-8-5-6-9-22(21)28-26(30)25(29)18-10-13-20(27)14-11-18/h10-15,17,21-22,25,29H,3,5-6,8-9,16H2,1-2H3,(H,28,30). The Morgan fingerprint density at radius 1 is 1.16 bits per heavy atom. The van der Waals surface area contributed by atoms with Crippen LogP contribution in [0.25, 0.3) is 0 Å². The summed E-state index contributed by atoms with van der Waals surface area (Å²) < 4.78 is 12.2. The third-order valence-electron chi connectivity index (χ3n) is 5.75. The van der Waals surface area contributed by atoms with Gasteiger partial charge in [0.05, 0.1) is 7.11 Å². The Kier molecular flexibility index (Phi) is 9.01. The molecule has 6 heteroatoms. The fraction of sp³-hybridized carbons (Fsp3) is 0.423. The van der Waals surface area contributed by atoms with Gasteiger partial charge in [-0.15, -0.1) is 5.92 Å². The average molecular weight is 500 g/mol. The van der Waals surface area contributed by atoms with E-state index in [1.807, 2.05) is 37.3 Å². The number of methoxy groups -OCH3 is 1. The van der Waals surface area contributed by atoms with Crippen molar-refractivity contribution in [2.45, 2.75) is 57.1 Å². The average Bonchev–Trinajstić information content (AvgIpc) is 2.82. The van der Waals surface area contributed by atoms with Gasteiger partial charge in [-0.05, 0) is 48.2 Å². The summed E-state index contributed by atoms with van der Waals surface area (Å²) in [4.78, 5) is 12.8. The summed E-state index contributed by atoms with van der Waals surface area (Å²) in [7, 11) is 1.62. The van der Waals surface area contributed by atoms with Crippen LogP contribution in [0.3, 0.4) is 0 Å². The molecule has 0 aromatic heterocycles. The van der Waals surface area contributed by atoms with Crippen molar-refractivity contribution < 1.29 is 19.4 Å². The van der Waals surface area contributed by atoms with Crippen molar-refractivity contribution in [3.05, 3.63) is 58.1 Å². The fourth-order valence-electron chi connectivity index (χ4n) is 4.08. The van der Waals surface area contributed by atoms with Crippen LogP contribution in [0.15, 0.2) is 46.9 Å². The minimum Gasteiger partial charge on any atom is -0.493 e. The normalized spacial score (nSPS) is 18.8. The van der Waals surface area contributed by atoms with E-state index < -0.39 is 6.10 Å². The highest BCUT2D eigenvalue weighted by Gasteiger charge is 2.30. The van der Waals surface area contributed by atoms with Gasteiger partial charge < -0.3 is 19.9 Å². The molecule has 3 rings (SSSR count). The van der Waals surface area contributed by atoms with Crippen molar-refractivity contribution >= 4 is 21.8 Å². The number of benzene rings is 2. The van der Waals surface area contributed by atoms with E-state index in [1.54, 1.807) is 19.2 Å². The van der Waals surface area contributed by atoms with Crippen LogP contribution in [0, 0.1) is 11.8 Å². The summed E-state index contributed by atoms with van der Waals surface area (Å²) in [6.07, 6.45) is 3.58. The van der Waals surface area contributed by atoms with Gasteiger partial charge in [-0.1, -0.05) is 59.8 Å². The summed E-state index contributed by atoms with van der Waals surface area (Å²) in [5.74, 6) is 7.05. The van der Waals surface area contributed by atoms with Crippen LogP contribution in [-0.4, -0.2) is 30.8 Å². The van der Waals surface area contributed by atoms with Gasteiger partial charge in [-0.3, -0.25) is 4.79 Å². The number of halogens is 1. The summed E-state index contributed by atoms with van der Waals surface area (Å²) in [6, 6.07) is 13.0. The van der Waals surface area contributed by atoms with Crippen LogP contribution in [-0.2, 0) is 4.79 Å². The first-order chi connectivity index (χ1) is 15.5. The van der Waals surface area contributed by atoms with Crippen LogP contribution in [0.4, 0.5) is 0 Å². The van der Waals surface area contributed by atoms with Crippen molar-refractivity contribution in [3.63, 3.8) is 0 Å². The lowest BCUT2D eigenvalue weighted by Crippen LogP contribution is -2.43. The van der Waals surface area contributed by atoms with Crippen LogP contribution in [0.5, 0.6) is 11.5 Å². The van der Waals surface area contributed by atoms with Crippen molar-refractivity contribution in [1.29, 1.82) is 0 Å². The molecule has 1 fully saturated rings. The fourth-order valence-corrected chi connectivity index (χ4v) is 4.35. The van der Waals surface area contributed by atoms with Gasteiger partial charge in [0.1, 0.15) is 6.61 Å². The molecule has 1 aliphatic carbocycles. The molecular formula is C26H30BrNO4. The molecule has 1 amide bonds. The third kappa shape index (κ3) is 6.27. The Bertz CT molecular complexity index is 964. The Labute approximate surface area is 198 Å². The number of nitrogens with one attached hydrogen (secondary N) is 1. The maximum atomic E-state index is 12.8. The van der Waals surface area contributed by atoms with E-state index in [9.17, 15) is 9.90 Å². The molecule has 2 N–H and O–H groups in total. The molecular weight excluding hydrogens is 470 g/mol. The largest absolute Gasteiger partial charge is 0.493 e. The molecule has 2 aromatic carbocycles. The number of aliphatic hydroxyl groups excluding tert-OH is 1. The molecule has 5 nitrogen and oxygen atoms in total. The number of carbonyl (C=O) groups is 1. The van der Waals surface area contributed by atoms with Gasteiger partial charge >= 0.3 is 0 Å². The zero-order valence-corrected chi connectivity index (χ0v) is 20.2. The minimum absolute atomic E-state index is 0.0479. The van der Waals surface area contributed by atoms with Crippen molar-refractivity contribution in [1.82, 2.24) is 5.32 Å². The first-order valence-electron chi connectivity index (χ1n) is 11.0. The molecule has 3 unspecified atom stereocenters. The van der Waals surface area contributed by atoms with E-state index in [2.05, 4.69) is 33.1 Å². The third-order valence-corrected chi connectivity index (χ3v) is 6.27. The van der Waals surface area contributed by atoms with E-state index >= 15 is 0 Å². The monoisotopic (exact) mass is 499 g/mol. The van der Waals surface area contributed by atoms with Crippen LogP contribution >= 0.6 is 15.9 Å². The van der Waals surface area contributed by atoms with Crippen molar-refractivity contribution in [2.24, 2.45) is 0 Å². The van der Waals surface area contributed by atoms with Crippen LogP contribution in [0.1, 0.15) is 62.2 Å². The number of amides is 1. The second kappa shape index (κ2) is 11.9. The van der Waals surface area contributed by atoms with Gasteiger partial charge in [-0.2, -0.15) is 0 Å². The maximum absolute atomic E-state index is 12.8. The number of hydrogen-bond acceptors (Lipinski definition) is 4. The molecule has 0 spiro atoms. The van der Waals surface area contributed by atoms with E-state index in [1.165, 1.54) is 0 Å². The van der Waals surface area contributed by atoms with Gasteiger partial charge in [-0.25, -0.2) is 0 Å². The topological polar surface area (TPSA) is 67.8 Å². The Morgan fingerprint density at radius 2 is 1.91 bits per heavy atom. The Hall–Kier alpha value is -2.49. The molecule has 0 heterocycles. The first-order valence-corrected chi connectivity index (χ1v) is 11.8. The zero-order valence-electron chi connectivity index (χ0n) is 18.6. The summed E-state index contributed by atoms with van der Waals surface area (Å²) in [6.45, 7) is 2.32. The molecule has 0 radical (unpaired) electrons. The number of ether oxygens (including phenoxy) is 2. The van der Waals surface area contributed by atoms with E-state index in [0.717, 1.165) is 42.1 Å². The Balaban J connectivity index is 1.72. The number of rotatable bonds is 7. The number of carbonyl (C=O) groups excluding carboxylic acids is 1. The van der Waals surface area contributed by atoms with E-state index in [4.69, 9.17) is 9.47 Å². The number of aliphatic hydroxyl groups is 1. The van der Waals surface area contributed by atoms with Gasteiger partial charge in [0, 0.05) is 22.9 Å². The lowest BCUT2D eigenvalue weighted by Gasteiger charge is -2.33. The molecule has 170 valence electrons. The summed E-state index contributed by atoms with van der Waals surface area (Å²) in [5, 5.41) is 13.6. The van der Waals surface area contributed by atoms with Gasteiger partial charge in [0.25, 0.3) is 5.91 Å². The highest BCUT2D eigenvalue weighted by Crippen LogP contribution is 2.38. The smallest absolute Gasteiger partial charge is 0.253 e. The quantitative estimate of drug-likeness (QED) is 0.518. The summed E-state index contributed by atoms with van der Waals surface area (Å²) >= 11 is 3.37. The number of hydrogen-bond donors (Lipinski definition) is 2. The second-order valence-corrected chi connectivity index (χ2v) is 8.78. The molecule has 32 heavy (non-hydrogen) atoms. The SMILES string of the molecule is CCC#CCOc1ccc(C2CCCCC2NC(=O)C(O)c2ccc(Br)cc2)cc1OC. The van der Waals surface area contributed by atoms with Crippen molar-refractivity contribution in [2.75, 3.05) is 13.7 Å². The molecule has 1 saturated carbocycles.